The molecule has 142 valence electrons. The molecule has 2 heterocycles. The normalized spacial score (nSPS) is 15.7. The lowest BCUT2D eigenvalue weighted by atomic mass is 9.89. The first-order valence-corrected chi connectivity index (χ1v) is 11.2. The topological polar surface area (TPSA) is 64.9 Å². The van der Waals surface area contributed by atoms with E-state index in [9.17, 15) is 10.1 Å². The Labute approximate surface area is 181 Å². The Morgan fingerprint density at radius 1 is 1.36 bits per heavy atom. The maximum Gasteiger partial charge on any atom is 0.269 e. The molecule has 1 atom stereocenters. The van der Waals surface area contributed by atoms with Gasteiger partial charge in [0, 0.05) is 15.0 Å². The number of rotatable bonds is 2. The van der Waals surface area contributed by atoms with Gasteiger partial charge in [0.05, 0.1) is 10.6 Å². The fourth-order valence-electron chi connectivity index (χ4n) is 3.41. The number of thiocarbonyl (C=S) groups is 1. The van der Waals surface area contributed by atoms with Crippen LogP contribution in [0.25, 0.3) is 10.1 Å². The van der Waals surface area contributed by atoms with E-state index >= 15 is 0 Å². The Morgan fingerprint density at radius 2 is 2.14 bits per heavy atom. The molecule has 1 unspecified atom stereocenters. The molecular weight excluding hydrogens is 430 g/mol. The first-order valence-electron chi connectivity index (χ1n) is 8.82. The van der Waals surface area contributed by atoms with Gasteiger partial charge in [-0.05, 0) is 49.0 Å². The van der Waals surface area contributed by atoms with Crippen LogP contribution in [0.1, 0.15) is 39.0 Å². The molecule has 2 aromatic heterocycles. The highest BCUT2D eigenvalue weighted by Gasteiger charge is 2.25. The van der Waals surface area contributed by atoms with Gasteiger partial charge in [0.15, 0.2) is 5.11 Å². The van der Waals surface area contributed by atoms with Crippen molar-refractivity contribution >= 4 is 72.6 Å². The zero-order chi connectivity index (χ0) is 19.8. The van der Waals surface area contributed by atoms with Crippen LogP contribution in [-0.4, -0.2) is 11.0 Å². The molecule has 1 aromatic carbocycles. The molecule has 0 aliphatic heterocycles. The lowest BCUT2D eigenvalue weighted by Crippen LogP contribution is -2.33. The highest BCUT2D eigenvalue weighted by Crippen LogP contribution is 2.39. The Morgan fingerprint density at radius 3 is 2.89 bits per heavy atom. The Hall–Kier alpha value is -1.98. The number of thiophene rings is 2. The van der Waals surface area contributed by atoms with Crippen molar-refractivity contribution in [3.8, 4) is 6.07 Å². The number of nitrogens with zero attached hydrogens (tertiary/aromatic N) is 1. The lowest BCUT2D eigenvalue weighted by Gasteiger charge is -2.17. The number of carbonyl (C=O) groups is 1. The number of benzene rings is 1. The molecule has 0 saturated heterocycles. The van der Waals surface area contributed by atoms with Crippen molar-refractivity contribution in [3.05, 3.63) is 50.2 Å². The monoisotopic (exact) mass is 445 g/mol. The van der Waals surface area contributed by atoms with Crippen molar-refractivity contribution in [1.82, 2.24) is 5.32 Å². The van der Waals surface area contributed by atoms with E-state index in [-0.39, 0.29) is 11.0 Å². The van der Waals surface area contributed by atoms with Crippen molar-refractivity contribution in [3.63, 3.8) is 0 Å². The Bertz CT molecular complexity index is 1140. The quantitative estimate of drug-likeness (QED) is 0.493. The highest BCUT2D eigenvalue weighted by molar-refractivity contribution is 7.80. The average Bonchev–Trinajstić information content (AvgIpc) is 3.18. The zero-order valence-electron chi connectivity index (χ0n) is 15.0. The van der Waals surface area contributed by atoms with Gasteiger partial charge in [-0.1, -0.05) is 36.7 Å². The molecule has 3 aromatic rings. The second kappa shape index (κ2) is 7.80. The summed E-state index contributed by atoms with van der Waals surface area (Å²) in [5, 5.41) is 17.5. The third-order valence-electron chi connectivity index (χ3n) is 4.82. The Balaban J connectivity index is 1.52. The molecule has 1 aliphatic carbocycles. The molecule has 0 fully saturated rings. The fourth-order valence-corrected chi connectivity index (χ4v) is 6.45. The van der Waals surface area contributed by atoms with Crippen LogP contribution in [0.4, 0.5) is 5.00 Å². The molecule has 28 heavy (non-hydrogen) atoms. The largest absolute Gasteiger partial charge is 0.323 e. The van der Waals surface area contributed by atoms with Crippen LogP contribution < -0.4 is 10.6 Å². The number of nitriles is 1. The van der Waals surface area contributed by atoms with E-state index in [4.69, 9.17) is 23.8 Å². The van der Waals surface area contributed by atoms with Crippen LogP contribution in [0.15, 0.2) is 24.3 Å². The second-order valence-corrected chi connectivity index (χ2v) is 9.76. The molecule has 4 rings (SSSR count). The third kappa shape index (κ3) is 3.53. The first-order chi connectivity index (χ1) is 13.5. The van der Waals surface area contributed by atoms with E-state index in [0.29, 0.717) is 26.4 Å². The van der Waals surface area contributed by atoms with Crippen LogP contribution in [0.2, 0.25) is 5.02 Å². The summed E-state index contributed by atoms with van der Waals surface area (Å²) in [6.45, 7) is 2.22. The molecule has 2 N–H and O–H groups in total. The predicted molar refractivity (Wildman–Crippen MR) is 121 cm³/mol. The minimum Gasteiger partial charge on any atom is -0.323 e. The molecule has 1 amide bonds. The van der Waals surface area contributed by atoms with Crippen LogP contribution in [0, 0.1) is 17.2 Å². The van der Waals surface area contributed by atoms with Crippen LogP contribution in [-0.2, 0) is 12.8 Å². The summed E-state index contributed by atoms with van der Waals surface area (Å²) in [4.78, 5) is 14.3. The van der Waals surface area contributed by atoms with Crippen molar-refractivity contribution in [2.45, 2.75) is 26.2 Å². The molecule has 0 radical (unpaired) electrons. The summed E-state index contributed by atoms with van der Waals surface area (Å²) in [7, 11) is 0. The number of carbonyl (C=O) groups excluding carboxylic acids is 1. The van der Waals surface area contributed by atoms with Gasteiger partial charge in [-0.3, -0.25) is 10.1 Å². The number of amides is 1. The van der Waals surface area contributed by atoms with E-state index < -0.39 is 0 Å². The molecule has 8 heteroatoms. The molecule has 0 spiro atoms. The molecule has 0 saturated carbocycles. The smallest absolute Gasteiger partial charge is 0.269 e. The zero-order valence-corrected chi connectivity index (χ0v) is 18.2. The minimum absolute atomic E-state index is 0.168. The van der Waals surface area contributed by atoms with Gasteiger partial charge >= 0.3 is 0 Å². The standard InChI is InChI=1S/C20H16ClN3OS3/c1-10-6-7-11-13(9-22)19(28-15(11)8-10)24-20(26)23-18(25)17-16(21)12-4-2-3-5-14(12)27-17/h2-5,10H,6-8H2,1H3,(H2,23,24,25,26). The average molecular weight is 446 g/mol. The first kappa shape index (κ1) is 19.3. The number of hydrogen-bond donors (Lipinski definition) is 2. The van der Waals surface area contributed by atoms with Crippen molar-refractivity contribution in [1.29, 1.82) is 5.26 Å². The van der Waals surface area contributed by atoms with E-state index in [1.807, 2.05) is 24.3 Å². The van der Waals surface area contributed by atoms with E-state index in [0.717, 1.165) is 34.9 Å². The summed E-state index contributed by atoms with van der Waals surface area (Å²) in [6, 6.07) is 9.90. The van der Waals surface area contributed by atoms with E-state index in [1.54, 1.807) is 11.3 Å². The summed E-state index contributed by atoms with van der Waals surface area (Å²) in [5.74, 6) is 0.268. The van der Waals surface area contributed by atoms with Crippen molar-refractivity contribution in [2.75, 3.05) is 5.32 Å². The number of fused-ring (bicyclic) bond motifs is 2. The third-order valence-corrected chi connectivity index (χ3v) is 7.87. The molecule has 1 aliphatic rings. The van der Waals surface area contributed by atoms with Gasteiger partial charge in [0.25, 0.3) is 5.91 Å². The van der Waals surface area contributed by atoms with E-state index in [1.165, 1.54) is 16.2 Å². The van der Waals surface area contributed by atoms with Gasteiger partial charge < -0.3 is 5.32 Å². The highest BCUT2D eigenvalue weighted by atomic mass is 35.5. The second-order valence-electron chi connectivity index (χ2n) is 6.82. The predicted octanol–water partition coefficient (Wildman–Crippen LogP) is 5.74. The van der Waals surface area contributed by atoms with Gasteiger partial charge in [-0.2, -0.15) is 5.26 Å². The van der Waals surface area contributed by atoms with Crippen molar-refractivity contribution in [2.24, 2.45) is 5.92 Å². The fraction of sp³-hybridized carbons (Fsp3) is 0.250. The van der Waals surface area contributed by atoms with Crippen LogP contribution in [0.3, 0.4) is 0 Å². The van der Waals surface area contributed by atoms with Gasteiger partial charge in [-0.25, -0.2) is 0 Å². The SMILES string of the molecule is CC1CCc2c(sc(NC(=S)NC(=O)c3sc4ccccc4c3Cl)c2C#N)C1. The van der Waals surface area contributed by atoms with Crippen LogP contribution in [0.5, 0.6) is 0 Å². The van der Waals surface area contributed by atoms with Gasteiger partial charge in [0.1, 0.15) is 15.9 Å². The molecular formula is C20H16ClN3OS3. The maximum absolute atomic E-state index is 12.7. The number of anilines is 1. The summed E-state index contributed by atoms with van der Waals surface area (Å²) >= 11 is 14.6. The van der Waals surface area contributed by atoms with Gasteiger partial charge in [0.2, 0.25) is 0 Å². The summed E-state index contributed by atoms with van der Waals surface area (Å²) in [6.07, 6.45) is 2.98. The molecule has 0 bridgehead atoms. The van der Waals surface area contributed by atoms with Gasteiger partial charge in [-0.15, -0.1) is 22.7 Å². The minimum atomic E-state index is -0.350. The Kier molecular flexibility index (Phi) is 5.39. The number of nitrogens with one attached hydrogen (secondary N) is 2. The lowest BCUT2D eigenvalue weighted by molar-refractivity contribution is 0.0982. The summed E-state index contributed by atoms with van der Waals surface area (Å²) in [5.41, 5.74) is 1.76. The maximum atomic E-state index is 12.7. The van der Waals surface area contributed by atoms with E-state index in [2.05, 4.69) is 23.6 Å². The number of hydrogen-bond acceptors (Lipinski definition) is 5. The summed E-state index contributed by atoms with van der Waals surface area (Å²) < 4.78 is 0.948. The van der Waals surface area contributed by atoms with Crippen molar-refractivity contribution < 1.29 is 4.79 Å². The number of halogens is 1. The van der Waals surface area contributed by atoms with Crippen LogP contribution >= 0.6 is 46.5 Å². The molecule has 4 nitrogen and oxygen atoms in total.